The lowest BCUT2D eigenvalue weighted by molar-refractivity contribution is -0.117. The number of carbonyl (C=O) groups excluding carboxylic acids is 2. The zero-order valence-corrected chi connectivity index (χ0v) is 6.40. The van der Waals surface area contributed by atoms with Gasteiger partial charge in [-0.3, -0.25) is 15.0 Å². The van der Waals surface area contributed by atoms with E-state index in [-0.39, 0.29) is 17.5 Å². The van der Waals surface area contributed by atoms with Crippen molar-refractivity contribution in [3.05, 3.63) is 0 Å². The Hall–Kier alpha value is -1.04. The van der Waals surface area contributed by atoms with Crippen molar-refractivity contribution in [3.8, 4) is 0 Å². The quantitative estimate of drug-likeness (QED) is 0.533. The molecule has 60 valence electrons. The predicted molar refractivity (Wildman–Crippen MR) is 41.4 cm³/mol. The highest BCUT2D eigenvalue weighted by molar-refractivity contribution is 8.15. The Morgan fingerprint density at radius 2 is 2.45 bits per heavy atom. The maximum atomic E-state index is 10.6. The second kappa shape index (κ2) is 2.91. The van der Waals surface area contributed by atoms with Gasteiger partial charge in [-0.15, -0.1) is 0 Å². The maximum absolute atomic E-state index is 10.6. The lowest BCUT2D eigenvalue weighted by atomic mass is 10.3. The summed E-state index contributed by atoms with van der Waals surface area (Å²) < 4.78 is 0. The van der Waals surface area contributed by atoms with Gasteiger partial charge in [0.2, 0.25) is 5.91 Å². The highest BCUT2D eigenvalue weighted by Gasteiger charge is 2.29. The fraction of sp³-hybridized carbons (Fsp3) is 0.400. The van der Waals surface area contributed by atoms with Gasteiger partial charge in [-0.1, -0.05) is 11.8 Å². The third kappa shape index (κ3) is 1.94. The molecule has 5 nitrogen and oxygen atoms in total. The highest BCUT2D eigenvalue weighted by Crippen LogP contribution is 2.21. The van der Waals surface area contributed by atoms with Crippen LogP contribution in [-0.4, -0.2) is 22.2 Å². The van der Waals surface area contributed by atoms with Gasteiger partial charge in [-0.05, 0) is 0 Å². The zero-order valence-electron chi connectivity index (χ0n) is 5.59. The largest absolute Gasteiger partial charge is 0.370 e. The van der Waals surface area contributed by atoms with E-state index in [9.17, 15) is 9.59 Å². The first-order valence-corrected chi connectivity index (χ1v) is 3.82. The average Bonchev–Trinajstić information content (AvgIpc) is 2.09. The molecule has 1 rings (SSSR count). The highest BCUT2D eigenvalue weighted by atomic mass is 32.2. The van der Waals surface area contributed by atoms with Crippen LogP contribution in [0, 0.1) is 5.41 Å². The molecule has 0 aromatic rings. The van der Waals surface area contributed by atoms with Gasteiger partial charge in [0.25, 0.3) is 5.24 Å². The SMILES string of the molecule is N=C1NC(=O)SC1CC(N)=O. The summed E-state index contributed by atoms with van der Waals surface area (Å²) >= 11 is 0.927. The van der Waals surface area contributed by atoms with Crippen LogP contribution >= 0.6 is 11.8 Å². The molecular formula is C5H7N3O2S. The number of nitrogens with one attached hydrogen (secondary N) is 2. The zero-order chi connectivity index (χ0) is 8.43. The molecular weight excluding hydrogens is 166 g/mol. The van der Waals surface area contributed by atoms with Gasteiger partial charge in [0.15, 0.2) is 0 Å². The Balaban J connectivity index is 2.53. The topological polar surface area (TPSA) is 96.0 Å². The van der Waals surface area contributed by atoms with E-state index < -0.39 is 11.2 Å². The molecule has 0 bridgehead atoms. The molecule has 1 atom stereocenters. The summed E-state index contributed by atoms with van der Waals surface area (Å²) in [5.74, 6) is -0.428. The Morgan fingerprint density at radius 3 is 2.82 bits per heavy atom. The van der Waals surface area contributed by atoms with E-state index in [4.69, 9.17) is 11.1 Å². The molecule has 0 aromatic carbocycles. The Labute approximate surface area is 67.2 Å². The van der Waals surface area contributed by atoms with E-state index in [1.807, 2.05) is 0 Å². The van der Waals surface area contributed by atoms with Crippen molar-refractivity contribution in [1.82, 2.24) is 5.32 Å². The van der Waals surface area contributed by atoms with Crippen LogP contribution in [0.25, 0.3) is 0 Å². The second-order valence-corrected chi connectivity index (χ2v) is 3.28. The molecule has 0 spiro atoms. The number of amidine groups is 1. The minimum atomic E-state index is -0.497. The summed E-state index contributed by atoms with van der Waals surface area (Å²) in [6, 6.07) is 0. The first-order valence-electron chi connectivity index (χ1n) is 2.94. The van der Waals surface area contributed by atoms with Crippen molar-refractivity contribution in [1.29, 1.82) is 5.41 Å². The Kier molecular flexibility index (Phi) is 2.13. The molecule has 2 amide bonds. The Morgan fingerprint density at radius 1 is 1.82 bits per heavy atom. The third-order valence-corrected chi connectivity index (χ3v) is 2.20. The summed E-state index contributed by atoms with van der Waals surface area (Å²) in [5, 5.41) is 8.75. The van der Waals surface area contributed by atoms with E-state index in [1.165, 1.54) is 0 Å². The molecule has 1 unspecified atom stereocenters. The van der Waals surface area contributed by atoms with Crippen molar-refractivity contribution in [2.45, 2.75) is 11.7 Å². The molecule has 1 aliphatic heterocycles. The molecule has 0 saturated carbocycles. The van der Waals surface area contributed by atoms with Crippen LogP contribution < -0.4 is 11.1 Å². The van der Waals surface area contributed by atoms with Crippen molar-refractivity contribution in [3.63, 3.8) is 0 Å². The number of rotatable bonds is 2. The van der Waals surface area contributed by atoms with Gasteiger partial charge in [-0.25, -0.2) is 0 Å². The van der Waals surface area contributed by atoms with Crippen molar-refractivity contribution in [2.75, 3.05) is 0 Å². The van der Waals surface area contributed by atoms with Gasteiger partial charge >= 0.3 is 0 Å². The lowest BCUT2D eigenvalue weighted by Gasteiger charge is -2.01. The molecule has 0 radical (unpaired) electrons. The molecule has 1 fully saturated rings. The number of nitrogens with two attached hydrogens (primary N) is 1. The normalized spacial score (nSPS) is 23.5. The number of primary amides is 1. The summed E-state index contributed by atoms with van der Waals surface area (Å²) in [5.41, 5.74) is 4.89. The first kappa shape index (κ1) is 8.06. The summed E-state index contributed by atoms with van der Waals surface area (Å²) in [4.78, 5) is 21.0. The number of carbonyl (C=O) groups is 2. The third-order valence-electron chi connectivity index (χ3n) is 1.19. The van der Waals surface area contributed by atoms with Crippen LogP contribution in [0.4, 0.5) is 4.79 Å². The standard InChI is InChI=1S/C5H7N3O2S/c6-3(9)1-2-4(7)8-5(10)11-2/h2H,1H2,(H2,6,9)(H2,7,8,10). The van der Waals surface area contributed by atoms with Crippen molar-refractivity contribution < 1.29 is 9.59 Å². The van der Waals surface area contributed by atoms with Crippen LogP contribution in [0.1, 0.15) is 6.42 Å². The lowest BCUT2D eigenvalue weighted by Crippen LogP contribution is -2.27. The molecule has 1 aliphatic rings. The molecule has 4 N–H and O–H groups in total. The summed E-state index contributed by atoms with van der Waals surface area (Å²) in [7, 11) is 0. The molecule has 1 heterocycles. The van der Waals surface area contributed by atoms with Crippen LogP contribution in [0.15, 0.2) is 0 Å². The van der Waals surface area contributed by atoms with Gasteiger partial charge < -0.3 is 11.1 Å². The first-order chi connectivity index (χ1) is 5.09. The molecule has 0 aliphatic carbocycles. The van der Waals surface area contributed by atoms with Crippen LogP contribution in [0.5, 0.6) is 0 Å². The second-order valence-electron chi connectivity index (χ2n) is 2.10. The smallest absolute Gasteiger partial charge is 0.285 e. The number of amides is 2. The Bertz CT molecular complexity index is 228. The van der Waals surface area contributed by atoms with Crippen LogP contribution in [-0.2, 0) is 4.79 Å². The summed E-state index contributed by atoms with van der Waals surface area (Å²) in [6.45, 7) is 0. The van der Waals surface area contributed by atoms with E-state index >= 15 is 0 Å². The fourth-order valence-electron chi connectivity index (χ4n) is 0.734. The molecule has 6 heteroatoms. The number of thioether (sulfide) groups is 1. The average molecular weight is 173 g/mol. The van der Waals surface area contributed by atoms with Crippen molar-refractivity contribution in [2.24, 2.45) is 5.73 Å². The monoisotopic (exact) mass is 173 g/mol. The predicted octanol–water partition coefficient (Wildman–Crippen LogP) is -0.336. The summed E-state index contributed by atoms with van der Waals surface area (Å²) in [6.07, 6.45) is 0.0439. The minimum Gasteiger partial charge on any atom is -0.370 e. The minimum absolute atomic E-state index is 0.0439. The van der Waals surface area contributed by atoms with E-state index in [1.54, 1.807) is 0 Å². The molecule has 0 aromatic heterocycles. The van der Waals surface area contributed by atoms with Gasteiger partial charge in [-0.2, -0.15) is 0 Å². The number of hydrogen-bond acceptors (Lipinski definition) is 4. The molecule has 1 saturated heterocycles. The molecule has 11 heavy (non-hydrogen) atoms. The van der Waals surface area contributed by atoms with Gasteiger partial charge in [0.1, 0.15) is 5.84 Å². The van der Waals surface area contributed by atoms with Crippen molar-refractivity contribution >= 4 is 28.7 Å². The number of hydrogen-bond donors (Lipinski definition) is 3. The van der Waals surface area contributed by atoms with Crippen LogP contribution in [0.3, 0.4) is 0 Å². The maximum Gasteiger partial charge on any atom is 0.285 e. The fourth-order valence-corrected chi connectivity index (χ4v) is 1.59. The van der Waals surface area contributed by atoms with Gasteiger partial charge in [0.05, 0.1) is 5.25 Å². The van der Waals surface area contributed by atoms with Gasteiger partial charge in [0, 0.05) is 6.42 Å². The van der Waals surface area contributed by atoms with E-state index in [0.29, 0.717) is 0 Å². The van der Waals surface area contributed by atoms with E-state index in [0.717, 1.165) is 11.8 Å². The van der Waals surface area contributed by atoms with Crippen LogP contribution in [0.2, 0.25) is 0 Å². The van der Waals surface area contributed by atoms with E-state index in [2.05, 4.69) is 5.32 Å².